The summed E-state index contributed by atoms with van der Waals surface area (Å²) >= 11 is 0. The molecule has 0 bridgehead atoms. The van der Waals surface area contributed by atoms with E-state index in [0.29, 0.717) is 13.1 Å². The highest BCUT2D eigenvalue weighted by molar-refractivity contribution is 7.86. The minimum atomic E-state index is -4.06. The molecule has 5 N–H and O–H groups in total. The van der Waals surface area contributed by atoms with E-state index in [-0.39, 0.29) is 12.8 Å². The van der Waals surface area contributed by atoms with Crippen LogP contribution in [0.15, 0.2) is 18.2 Å². The fourth-order valence-corrected chi connectivity index (χ4v) is 3.51. The molecule has 0 saturated carbocycles. The third kappa shape index (κ3) is 10.5. The van der Waals surface area contributed by atoms with Crippen LogP contribution in [0.25, 0.3) is 0 Å². The molecule has 0 spiro atoms. The molecule has 0 aliphatic heterocycles. The number of hydrogen-bond donors (Lipinski definition) is 5. The zero-order valence-corrected chi connectivity index (χ0v) is 19.5. The molecule has 2 atom stereocenters. The van der Waals surface area contributed by atoms with Gasteiger partial charge in [-0.1, -0.05) is 19.8 Å². The molecule has 30 heavy (non-hydrogen) atoms. The lowest BCUT2D eigenvalue weighted by Gasteiger charge is -2.16. The van der Waals surface area contributed by atoms with Crippen LogP contribution in [-0.2, 0) is 20.2 Å². The molecule has 1 rings (SSSR count). The van der Waals surface area contributed by atoms with E-state index in [2.05, 4.69) is 22.9 Å². The first-order chi connectivity index (χ1) is 13.9. The Morgan fingerprint density at radius 2 is 1.10 bits per heavy atom. The van der Waals surface area contributed by atoms with Gasteiger partial charge < -0.3 is 16.0 Å². The van der Waals surface area contributed by atoms with Crippen LogP contribution in [-0.4, -0.2) is 56.1 Å². The number of anilines is 3. The summed E-state index contributed by atoms with van der Waals surface area (Å²) in [5.41, 5.74) is 2.41. The standard InChI is InChI=1S/C19H35N3O6S2/c1-4-5-6-9-20-17-12-18(21-10-7-15(2)29(23,24)25)14-19(13-17)22-11-8-16(3)30(26,27)28/h12-16,20-22H,4-11H2,1-3H3,(H,23,24,25)(H,26,27,28). The molecule has 174 valence electrons. The highest BCUT2D eigenvalue weighted by atomic mass is 32.2. The predicted octanol–water partition coefficient (Wildman–Crippen LogP) is 3.45. The van der Waals surface area contributed by atoms with Crippen LogP contribution in [0.2, 0.25) is 0 Å². The molecule has 11 heteroatoms. The molecular weight excluding hydrogens is 430 g/mol. The smallest absolute Gasteiger partial charge is 0.267 e. The van der Waals surface area contributed by atoms with Crippen molar-refractivity contribution in [2.75, 3.05) is 35.6 Å². The van der Waals surface area contributed by atoms with Crippen LogP contribution in [0.1, 0.15) is 52.9 Å². The SMILES string of the molecule is CCCCCNc1cc(NCCC(C)S(=O)(=O)O)cc(NCCC(C)S(=O)(=O)O)c1. The number of unbranched alkanes of at least 4 members (excludes halogenated alkanes) is 2. The van der Waals surface area contributed by atoms with Crippen molar-refractivity contribution in [1.82, 2.24) is 0 Å². The number of hydrogen-bond acceptors (Lipinski definition) is 7. The highest BCUT2D eigenvalue weighted by Gasteiger charge is 2.17. The van der Waals surface area contributed by atoms with Crippen molar-refractivity contribution >= 4 is 37.3 Å². The Bertz CT molecular complexity index is 797. The molecule has 0 saturated heterocycles. The lowest BCUT2D eigenvalue weighted by molar-refractivity contribution is 0.465. The molecule has 1 aromatic carbocycles. The summed E-state index contributed by atoms with van der Waals surface area (Å²) in [6, 6.07) is 5.67. The van der Waals surface area contributed by atoms with Gasteiger partial charge in [-0.25, -0.2) is 0 Å². The zero-order valence-electron chi connectivity index (χ0n) is 17.9. The van der Waals surface area contributed by atoms with Gasteiger partial charge in [0.15, 0.2) is 0 Å². The van der Waals surface area contributed by atoms with Gasteiger partial charge >= 0.3 is 0 Å². The van der Waals surface area contributed by atoms with Crippen molar-refractivity contribution in [3.8, 4) is 0 Å². The topological polar surface area (TPSA) is 145 Å². The van der Waals surface area contributed by atoms with Crippen LogP contribution in [0.4, 0.5) is 17.1 Å². The Kier molecular flexibility index (Phi) is 10.9. The van der Waals surface area contributed by atoms with E-state index in [0.717, 1.165) is 42.9 Å². The average Bonchev–Trinajstić information content (AvgIpc) is 2.63. The lowest BCUT2D eigenvalue weighted by Crippen LogP contribution is -2.20. The summed E-state index contributed by atoms with van der Waals surface area (Å²) in [5.74, 6) is 0. The maximum atomic E-state index is 11.1. The third-order valence-electron chi connectivity index (χ3n) is 4.82. The molecule has 1 aromatic rings. The second-order valence-electron chi connectivity index (χ2n) is 7.52. The Morgan fingerprint density at radius 1 is 0.733 bits per heavy atom. The second-order valence-corrected chi connectivity index (χ2v) is 11.2. The van der Waals surface area contributed by atoms with E-state index in [1.807, 2.05) is 18.2 Å². The molecule has 0 aromatic heterocycles. The van der Waals surface area contributed by atoms with Gasteiger partial charge in [-0.2, -0.15) is 16.8 Å². The summed E-state index contributed by atoms with van der Waals surface area (Å²) in [4.78, 5) is 0. The monoisotopic (exact) mass is 465 g/mol. The van der Waals surface area contributed by atoms with Crippen LogP contribution in [0.3, 0.4) is 0 Å². The van der Waals surface area contributed by atoms with Gasteiger partial charge in [0.1, 0.15) is 0 Å². The van der Waals surface area contributed by atoms with Crippen LogP contribution >= 0.6 is 0 Å². The van der Waals surface area contributed by atoms with E-state index in [1.54, 1.807) is 0 Å². The second kappa shape index (κ2) is 12.3. The van der Waals surface area contributed by atoms with Gasteiger partial charge in [0, 0.05) is 36.7 Å². The summed E-state index contributed by atoms with van der Waals surface area (Å²) in [7, 11) is -8.12. The molecule has 9 nitrogen and oxygen atoms in total. The molecule has 0 fully saturated rings. The summed E-state index contributed by atoms with van der Waals surface area (Å²) in [6.07, 6.45) is 3.78. The Hall–Kier alpha value is -1.56. The highest BCUT2D eigenvalue weighted by Crippen LogP contribution is 2.23. The number of rotatable bonds is 15. The molecular formula is C19H35N3O6S2. The summed E-state index contributed by atoms with van der Waals surface area (Å²) < 4.78 is 62.7. The predicted molar refractivity (Wildman–Crippen MR) is 123 cm³/mol. The first-order valence-electron chi connectivity index (χ1n) is 10.2. The third-order valence-corrected chi connectivity index (χ3v) is 7.32. The van der Waals surface area contributed by atoms with Crippen LogP contribution < -0.4 is 16.0 Å². The van der Waals surface area contributed by atoms with Crippen LogP contribution in [0, 0.1) is 0 Å². The normalized spacial score (nSPS) is 14.2. The van der Waals surface area contributed by atoms with E-state index in [9.17, 15) is 16.8 Å². The van der Waals surface area contributed by atoms with Crippen molar-refractivity contribution in [1.29, 1.82) is 0 Å². The average molecular weight is 466 g/mol. The van der Waals surface area contributed by atoms with Gasteiger partial charge in [-0.3, -0.25) is 9.11 Å². The van der Waals surface area contributed by atoms with Crippen molar-refractivity contribution < 1.29 is 25.9 Å². The van der Waals surface area contributed by atoms with E-state index < -0.39 is 30.7 Å². The summed E-state index contributed by atoms with van der Waals surface area (Å²) in [5, 5.41) is 7.96. The van der Waals surface area contributed by atoms with E-state index in [4.69, 9.17) is 9.11 Å². The first-order valence-corrected chi connectivity index (χ1v) is 13.2. The fraction of sp³-hybridized carbons (Fsp3) is 0.684. The van der Waals surface area contributed by atoms with Crippen LogP contribution in [0.5, 0.6) is 0 Å². The van der Waals surface area contributed by atoms with Gasteiger partial charge in [0.05, 0.1) is 10.5 Å². The summed E-state index contributed by atoms with van der Waals surface area (Å²) in [6.45, 7) is 6.57. The zero-order chi connectivity index (χ0) is 22.8. The van der Waals surface area contributed by atoms with E-state index >= 15 is 0 Å². The first kappa shape index (κ1) is 26.5. The van der Waals surface area contributed by atoms with Gasteiger partial charge in [-0.15, -0.1) is 0 Å². The molecule has 2 unspecified atom stereocenters. The Balaban J connectivity index is 2.78. The minimum absolute atomic E-state index is 0.252. The lowest BCUT2D eigenvalue weighted by atomic mass is 10.2. The van der Waals surface area contributed by atoms with Crippen molar-refractivity contribution in [2.45, 2.75) is 63.4 Å². The molecule has 0 amide bonds. The van der Waals surface area contributed by atoms with Gasteiger partial charge in [0.25, 0.3) is 20.2 Å². The maximum absolute atomic E-state index is 11.1. The van der Waals surface area contributed by atoms with E-state index in [1.165, 1.54) is 13.8 Å². The molecule has 0 aliphatic rings. The quantitative estimate of drug-likeness (QED) is 0.194. The minimum Gasteiger partial charge on any atom is -0.385 e. The Morgan fingerprint density at radius 3 is 1.43 bits per heavy atom. The molecule has 0 heterocycles. The van der Waals surface area contributed by atoms with Gasteiger partial charge in [-0.05, 0) is 51.3 Å². The van der Waals surface area contributed by atoms with Gasteiger partial charge in [0.2, 0.25) is 0 Å². The maximum Gasteiger partial charge on any atom is 0.267 e. The molecule has 0 aliphatic carbocycles. The number of benzene rings is 1. The fourth-order valence-electron chi connectivity index (χ4n) is 2.68. The van der Waals surface area contributed by atoms with Crippen molar-refractivity contribution in [3.05, 3.63) is 18.2 Å². The number of nitrogens with one attached hydrogen (secondary N) is 3. The largest absolute Gasteiger partial charge is 0.385 e. The van der Waals surface area contributed by atoms with Crippen molar-refractivity contribution in [2.24, 2.45) is 0 Å². The molecule has 0 radical (unpaired) electrons. The van der Waals surface area contributed by atoms with Crippen molar-refractivity contribution in [3.63, 3.8) is 0 Å². The Labute approximate surface area is 180 Å².